The van der Waals surface area contributed by atoms with Crippen molar-refractivity contribution < 1.29 is 18.3 Å². The molecule has 3 unspecified atom stereocenters. The number of cyclic esters (lactones) is 1. The summed E-state index contributed by atoms with van der Waals surface area (Å²) in [6, 6.07) is 0. The van der Waals surface area contributed by atoms with Crippen molar-refractivity contribution in [3.63, 3.8) is 0 Å². The van der Waals surface area contributed by atoms with Crippen LogP contribution in [0.4, 0.5) is 8.78 Å². The largest absolute Gasteiger partial charge is 0.456 e. The second-order valence-electron chi connectivity index (χ2n) is 6.07. The number of carbonyl (C=O) groups excluding carboxylic acids is 1. The first-order valence-electron chi connectivity index (χ1n) is 7.27. The van der Waals surface area contributed by atoms with Crippen LogP contribution in [-0.2, 0) is 9.53 Å². The van der Waals surface area contributed by atoms with E-state index in [-0.39, 0.29) is 0 Å². The first kappa shape index (κ1) is 14.7. The molecule has 0 bridgehead atoms. The van der Waals surface area contributed by atoms with E-state index in [1.807, 2.05) is 0 Å². The van der Waals surface area contributed by atoms with Gasteiger partial charge in [0, 0.05) is 6.54 Å². The lowest BCUT2D eigenvalue weighted by molar-refractivity contribution is -0.159. The van der Waals surface area contributed by atoms with Gasteiger partial charge in [0.05, 0.1) is 6.42 Å². The number of hydrogen-bond acceptors (Lipinski definition) is 3. The van der Waals surface area contributed by atoms with Crippen LogP contribution >= 0.6 is 0 Å². The number of hydrogen-bond donors (Lipinski definition) is 1. The molecule has 1 saturated carbocycles. The van der Waals surface area contributed by atoms with Gasteiger partial charge < -0.3 is 10.1 Å². The Labute approximate surface area is 113 Å². The summed E-state index contributed by atoms with van der Waals surface area (Å²) in [6.45, 7) is 3.44. The molecule has 19 heavy (non-hydrogen) atoms. The molecule has 5 heteroatoms. The quantitative estimate of drug-likeness (QED) is 0.619. The Morgan fingerprint density at radius 1 is 1.42 bits per heavy atom. The van der Waals surface area contributed by atoms with Crippen LogP contribution in [0.1, 0.15) is 45.4 Å². The van der Waals surface area contributed by atoms with Gasteiger partial charge in [0.15, 0.2) is 0 Å². The number of esters is 1. The van der Waals surface area contributed by atoms with Crippen molar-refractivity contribution in [3.8, 4) is 0 Å². The number of alkyl halides is 2. The summed E-state index contributed by atoms with van der Waals surface area (Å²) in [6.07, 6.45) is 5.12. The van der Waals surface area contributed by atoms with E-state index >= 15 is 0 Å². The highest BCUT2D eigenvalue weighted by Crippen LogP contribution is 2.31. The van der Waals surface area contributed by atoms with Gasteiger partial charge in [-0.15, -0.1) is 0 Å². The minimum Gasteiger partial charge on any atom is -0.456 e. The molecular weight excluding hydrogens is 252 g/mol. The molecule has 110 valence electrons. The molecule has 1 N–H and O–H groups in total. The molecule has 0 aromatic rings. The Hall–Kier alpha value is -0.710. The number of rotatable bonds is 5. The van der Waals surface area contributed by atoms with Crippen molar-refractivity contribution in [2.45, 2.75) is 57.5 Å². The summed E-state index contributed by atoms with van der Waals surface area (Å²) >= 11 is 0. The summed E-state index contributed by atoms with van der Waals surface area (Å²) in [4.78, 5) is 10.8. The second-order valence-corrected chi connectivity index (χ2v) is 6.07. The Morgan fingerprint density at radius 2 is 2.21 bits per heavy atom. The van der Waals surface area contributed by atoms with Crippen LogP contribution in [0.15, 0.2) is 0 Å². The van der Waals surface area contributed by atoms with Gasteiger partial charge in [-0.05, 0) is 31.2 Å². The fourth-order valence-electron chi connectivity index (χ4n) is 3.15. The van der Waals surface area contributed by atoms with E-state index in [4.69, 9.17) is 0 Å². The van der Waals surface area contributed by atoms with Crippen LogP contribution in [-0.4, -0.2) is 31.1 Å². The van der Waals surface area contributed by atoms with Crippen molar-refractivity contribution in [1.82, 2.24) is 5.32 Å². The smallest absolute Gasteiger partial charge is 0.377 e. The van der Waals surface area contributed by atoms with E-state index in [1.54, 1.807) is 0 Å². The van der Waals surface area contributed by atoms with Crippen LogP contribution in [0.3, 0.4) is 0 Å². The molecule has 2 rings (SSSR count). The average molecular weight is 275 g/mol. The SMILES string of the molecule is CC1CCCC(CCNCC2CC(F)(F)C(=O)O2)C1. The van der Waals surface area contributed by atoms with Crippen molar-refractivity contribution in [2.24, 2.45) is 11.8 Å². The van der Waals surface area contributed by atoms with Crippen molar-refractivity contribution in [1.29, 1.82) is 0 Å². The van der Waals surface area contributed by atoms with Gasteiger partial charge in [-0.25, -0.2) is 4.79 Å². The molecule has 0 aromatic heterocycles. The minimum atomic E-state index is -3.29. The van der Waals surface area contributed by atoms with E-state index < -0.39 is 24.4 Å². The zero-order valence-corrected chi connectivity index (χ0v) is 11.5. The van der Waals surface area contributed by atoms with E-state index in [0.717, 1.165) is 24.8 Å². The standard InChI is InChI=1S/C14H23F2NO2/c1-10-3-2-4-11(7-10)5-6-17-9-12-8-14(15,16)13(18)19-12/h10-12,17H,2-9H2,1H3. The monoisotopic (exact) mass is 275 g/mol. The topological polar surface area (TPSA) is 38.3 Å². The highest BCUT2D eigenvalue weighted by molar-refractivity contribution is 5.79. The summed E-state index contributed by atoms with van der Waals surface area (Å²) in [5.74, 6) is -3.09. The Morgan fingerprint density at radius 3 is 2.84 bits per heavy atom. The first-order chi connectivity index (χ1) is 8.97. The number of carbonyl (C=O) groups is 1. The zero-order valence-electron chi connectivity index (χ0n) is 11.5. The predicted molar refractivity (Wildman–Crippen MR) is 68.1 cm³/mol. The van der Waals surface area contributed by atoms with Gasteiger partial charge in [0.2, 0.25) is 0 Å². The van der Waals surface area contributed by atoms with Crippen LogP contribution < -0.4 is 5.32 Å². The molecule has 2 aliphatic rings. The third kappa shape index (κ3) is 4.13. The highest BCUT2D eigenvalue weighted by Gasteiger charge is 2.50. The van der Waals surface area contributed by atoms with E-state index in [0.29, 0.717) is 6.54 Å². The van der Waals surface area contributed by atoms with Gasteiger partial charge >= 0.3 is 11.9 Å². The lowest BCUT2D eigenvalue weighted by atomic mass is 9.81. The fraction of sp³-hybridized carbons (Fsp3) is 0.929. The Balaban J connectivity index is 1.59. The lowest BCUT2D eigenvalue weighted by Crippen LogP contribution is -2.29. The zero-order chi connectivity index (χ0) is 13.9. The van der Waals surface area contributed by atoms with Gasteiger partial charge in [0.1, 0.15) is 6.10 Å². The summed E-state index contributed by atoms with van der Waals surface area (Å²) in [5.41, 5.74) is 0. The molecule has 0 aromatic carbocycles. The van der Waals surface area contributed by atoms with Crippen LogP contribution in [0, 0.1) is 11.8 Å². The molecule has 3 nitrogen and oxygen atoms in total. The second kappa shape index (κ2) is 6.16. The van der Waals surface area contributed by atoms with Gasteiger partial charge in [0.25, 0.3) is 0 Å². The fourth-order valence-corrected chi connectivity index (χ4v) is 3.15. The van der Waals surface area contributed by atoms with Crippen molar-refractivity contribution in [2.75, 3.05) is 13.1 Å². The van der Waals surface area contributed by atoms with Crippen LogP contribution in [0.2, 0.25) is 0 Å². The molecule has 2 fully saturated rings. The maximum atomic E-state index is 12.9. The van der Waals surface area contributed by atoms with Gasteiger partial charge in [-0.3, -0.25) is 0 Å². The molecule has 3 atom stereocenters. The van der Waals surface area contributed by atoms with Gasteiger partial charge in [-0.1, -0.05) is 26.2 Å². The molecule has 0 radical (unpaired) electrons. The minimum absolute atomic E-state index is 0.337. The van der Waals surface area contributed by atoms with Crippen LogP contribution in [0.25, 0.3) is 0 Å². The molecule has 0 spiro atoms. The van der Waals surface area contributed by atoms with Crippen LogP contribution in [0.5, 0.6) is 0 Å². The highest BCUT2D eigenvalue weighted by atomic mass is 19.3. The third-order valence-corrected chi connectivity index (χ3v) is 4.20. The van der Waals surface area contributed by atoms with E-state index in [1.165, 1.54) is 25.7 Å². The summed E-state index contributed by atoms with van der Waals surface area (Å²) < 4.78 is 30.5. The molecule has 1 aliphatic heterocycles. The third-order valence-electron chi connectivity index (χ3n) is 4.20. The Kier molecular flexibility index (Phi) is 4.76. The maximum absolute atomic E-state index is 12.9. The van der Waals surface area contributed by atoms with Crippen molar-refractivity contribution >= 4 is 5.97 Å². The number of nitrogens with one attached hydrogen (secondary N) is 1. The molecule has 0 amide bonds. The summed E-state index contributed by atoms with van der Waals surface area (Å²) in [5, 5.41) is 3.14. The molecule has 1 saturated heterocycles. The lowest BCUT2D eigenvalue weighted by Gasteiger charge is -2.26. The normalized spacial score (nSPS) is 34.3. The van der Waals surface area contributed by atoms with E-state index in [9.17, 15) is 13.6 Å². The number of ether oxygens (including phenoxy) is 1. The molecule has 1 heterocycles. The van der Waals surface area contributed by atoms with Gasteiger partial charge in [-0.2, -0.15) is 8.78 Å². The number of halogens is 2. The molecular formula is C14H23F2NO2. The first-order valence-corrected chi connectivity index (χ1v) is 7.27. The van der Waals surface area contributed by atoms with Crippen molar-refractivity contribution in [3.05, 3.63) is 0 Å². The van der Waals surface area contributed by atoms with E-state index in [2.05, 4.69) is 17.0 Å². The maximum Gasteiger partial charge on any atom is 0.377 e. The predicted octanol–water partition coefficient (Wildman–Crippen LogP) is 2.74. The Bertz CT molecular complexity index is 323. The molecule has 1 aliphatic carbocycles. The summed E-state index contributed by atoms with van der Waals surface area (Å²) in [7, 11) is 0. The average Bonchev–Trinajstić information content (AvgIpc) is 2.59.